The number of thiazole rings is 1. The van der Waals surface area contributed by atoms with Crippen LogP contribution in [0.4, 0.5) is 0 Å². The number of aromatic nitrogens is 3. The lowest BCUT2D eigenvalue weighted by molar-refractivity contribution is 0.0924. The fourth-order valence-corrected chi connectivity index (χ4v) is 3.03. The number of imidazole rings is 1. The molecule has 1 aliphatic rings. The van der Waals surface area contributed by atoms with E-state index >= 15 is 0 Å². The highest BCUT2D eigenvalue weighted by atomic mass is 32.1. The number of amides is 1. The minimum Gasteiger partial charge on any atom is -0.346 e. The molecular weight excluding hydrogens is 248 g/mol. The first-order valence-electron chi connectivity index (χ1n) is 6.01. The number of hydrogen-bond donors (Lipinski definition) is 1. The molecule has 3 rings (SSSR count). The largest absolute Gasteiger partial charge is 0.346 e. The first-order chi connectivity index (χ1) is 8.84. The molecule has 0 aliphatic heterocycles. The Morgan fingerprint density at radius 3 is 3.17 bits per heavy atom. The summed E-state index contributed by atoms with van der Waals surface area (Å²) in [6, 6.07) is 0.489. The van der Waals surface area contributed by atoms with Gasteiger partial charge >= 0.3 is 0 Å². The van der Waals surface area contributed by atoms with E-state index in [9.17, 15) is 4.79 Å². The van der Waals surface area contributed by atoms with E-state index in [1.165, 1.54) is 11.3 Å². The second-order valence-corrected chi connectivity index (χ2v) is 5.18. The summed E-state index contributed by atoms with van der Waals surface area (Å²) in [5.74, 6) is -0.0757. The smallest absolute Gasteiger partial charge is 0.271 e. The van der Waals surface area contributed by atoms with Gasteiger partial charge in [0.15, 0.2) is 0 Å². The zero-order chi connectivity index (χ0) is 12.4. The molecule has 0 aromatic carbocycles. The van der Waals surface area contributed by atoms with E-state index in [0.717, 1.165) is 19.3 Å². The Morgan fingerprint density at radius 2 is 2.44 bits per heavy atom. The van der Waals surface area contributed by atoms with Gasteiger partial charge in [-0.15, -0.1) is 11.3 Å². The third-order valence-corrected chi connectivity index (χ3v) is 3.96. The number of nitrogens with zero attached hydrogens (tertiary/aromatic N) is 3. The van der Waals surface area contributed by atoms with Crippen molar-refractivity contribution in [2.75, 3.05) is 0 Å². The Morgan fingerprint density at radius 1 is 1.50 bits per heavy atom. The van der Waals surface area contributed by atoms with Crippen molar-refractivity contribution in [1.82, 2.24) is 19.9 Å². The van der Waals surface area contributed by atoms with E-state index in [1.54, 1.807) is 17.1 Å². The molecule has 1 saturated carbocycles. The summed E-state index contributed by atoms with van der Waals surface area (Å²) in [5, 5.41) is 4.85. The molecule has 0 bridgehead atoms. The van der Waals surface area contributed by atoms with Gasteiger partial charge in [-0.2, -0.15) is 0 Å². The molecule has 2 heterocycles. The molecule has 2 aromatic heterocycles. The summed E-state index contributed by atoms with van der Waals surface area (Å²) in [5.41, 5.74) is 2.19. The molecule has 0 radical (unpaired) electrons. The van der Waals surface area contributed by atoms with E-state index < -0.39 is 0 Å². The zero-order valence-corrected chi connectivity index (χ0v) is 10.6. The summed E-state index contributed by atoms with van der Waals surface area (Å²) in [4.78, 5) is 20.1. The lowest BCUT2D eigenvalue weighted by Gasteiger charge is -2.21. The molecule has 2 unspecified atom stereocenters. The normalized spacial score (nSPS) is 23.1. The van der Waals surface area contributed by atoms with Gasteiger partial charge in [-0.25, -0.2) is 9.97 Å². The van der Waals surface area contributed by atoms with Crippen molar-refractivity contribution in [2.24, 2.45) is 0 Å². The topological polar surface area (TPSA) is 59.8 Å². The highest BCUT2D eigenvalue weighted by Crippen LogP contribution is 2.30. The Labute approximate surface area is 109 Å². The highest BCUT2D eigenvalue weighted by molar-refractivity contribution is 7.07. The molecular formula is C12H14N4OS. The molecule has 2 atom stereocenters. The molecule has 1 N–H and O–H groups in total. The molecule has 1 amide bonds. The molecule has 18 heavy (non-hydrogen) atoms. The van der Waals surface area contributed by atoms with Crippen LogP contribution in [-0.2, 0) is 0 Å². The second-order valence-electron chi connectivity index (χ2n) is 4.46. The highest BCUT2D eigenvalue weighted by Gasteiger charge is 2.30. The molecule has 2 aromatic rings. The van der Waals surface area contributed by atoms with Crippen LogP contribution >= 0.6 is 11.3 Å². The van der Waals surface area contributed by atoms with Crippen molar-refractivity contribution in [3.63, 3.8) is 0 Å². The number of nitrogens with one attached hydrogen (secondary N) is 1. The monoisotopic (exact) mass is 262 g/mol. The molecule has 94 valence electrons. The predicted molar refractivity (Wildman–Crippen MR) is 68.5 cm³/mol. The van der Waals surface area contributed by atoms with Gasteiger partial charge in [-0.05, 0) is 19.3 Å². The summed E-state index contributed by atoms with van der Waals surface area (Å²) < 4.78 is 2.08. The average molecular weight is 262 g/mol. The fourth-order valence-electron chi connectivity index (χ4n) is 2.50. The fraction of sp³-hybridized carbons (Fsp3) is 0.417. The van der Waals surface area contributed by atoms with Crippen LogP contribution in [0.1, 0.15) is 35.8 Å². The minimum absolute atomic E-state index is 0.0757. The average Bonchev–Trinajstić information content (AvgIpc) is 3.11. The zero-order valence-electron chi connectivity index (χ0n) is 9.82. The Hall–Kier alpha value is -1.69. The van der Waals surface area contributed by atoms with Crippen LogP contribution in [-0.4, -0.2) is 26.5 Å². The Bertz CT molecular complexity index is 508. The second kappa shape index (κ2) is 4.89. The number of rotatable bonds is 3. The lowest BCUT2D eigenvalue weighted by Crippen LogP contribution is -2.38. The molecule has 1 aliphatic carbocycles. The van der Waals surface area contributed by atoms with Gasteiger partial charge in [0.05, 0.1) is 17.9 Å². The van der Waals surface area contributed by atoms with Gasteiger partial charge in [0.2, 0.25) is 0 Å². The van der Waals surface area contributed by atoms with Crippen molar-refractivity contribution >= 4 is 17.2 Å². The van der Waals surface area contributed by atoms with Crippen LogP contribution in [0.25, 0.3) is 0 Å². The van der Waals surface area contributed by atoms with Crippen LogP contribution in [0.3, 0.4) is 0 Å². The maximum absolute atomic E-state index is 12.0. The van der Waals surface area contributed by atoms with Crippen molar-refractivity contribution in [1.29, 1.82) is 0 Å². The van der Waals surface area contributed by atoms with Crippen LogP contribution in [0.15, 0.2) is 29.6 Å². The van der Waals surface area contributed by atoms with Crippen LogP contribution in [0.2, 0.25) is 0 Å². The van der Waals surface area contributed by atoms with Gasteiger partial charge < -0.3 is 9.88 Å². The van der Waals surface area contributed by atoms with Gasteiger partial charge in [0.1, 0.15) is 5.69 Å². The molecule has 0 saturated heterocycles. The van der Waals surface area contributed by atoms with Crippen molar-refractivity contribution in [3.05, 3.63) is 35.3 Å². The van der Waals surface area contributed by atoms with Gasteiger partial charge in [0, 0.05) is 23.8 Å². The maximum Gasteiger partial charge on any atom is 0.271 e. The van der Waals surface area contributed by atoms with Gasteiger partial charge in [-0.1, -0.05) is 0 Å². The van der Waals surface area contributed by atoms with Crippen LogP contribution < -0.4 is 5.32 Å². The number of hydrogen-bond acceptors (Lipinski definition) is 4. The number of carbonyl (C=O) groups is 1. The minimum atomic E-state index is -0.0757. The van der Waals surface area contributed by atoms with Crippen LogP contribution in [0.5, 0.6) is 0 Å². The van der Waals surface area contributed by atoms with E-state index in [4.69, 9.17) is 0 Å². The quantitative estimate of drug-likeness (QED) is 0.918. The van der Waals surface area contributed by atoms with Gasteiger partial charge in [-0.3, -0.25) is 4.79 Å². The molecule has 6 heteroatoms. The molecule has 1 fully saturated rings. The van der Waals surface area contributed by atoms with E-state index in [1.807, 2.05) is 12.5 Å². The first kappa shape index (κ1) is 11.4. The third kappa shape index (κ3) is 2.15. The number of carbonyl (C=O) groups excluding carboxylic acids is 1. The van der Waals surface area contributed by atoms with Crippen molar-refractivity contribution in [2.45, 2.75) is 31.3 Å². The lowest BCUT2D eigenvalue weighted by atomic mass is 10.1. The van der Waals surface area contributed by atoms with Crippen molar-refractivity contribution < 1.29 is 4.79 Å². The van der Waals surface area contributed by atoms with E-state index in [2.05, 4.69) is 19.9 Å². The summed E-state index contributed by atoms with van der Waals surface area (Å²) in [6.07, 6.45) is 8.77. The molecule has 5 nitrogen and oxygen atoms in total. The standard InChI is InChI=1S/C12H14N4OS/c17-12(10-6-18-8-14-10)15-9-2-1-3-11(9)16-5-4-13-7-16/h4-9,11H,1-3H2,(H,15,17). The SMILES string of the molecule is O=C(NC1CCCC1n1ccnc1)c1cscn1. The molecule has 0 spiro atoms. The Kier molecular flexibility index (Phi) is 3.10. The summed E-state index contributed by atoms with van der Waals surface area (Å²) in [7, 11) is 0. The van der Waals surface area contributed by atoms with Gasteiger partial charge in [0.25, 0.3) is 5.91 Å². The summed E-state index contributed by atoms with van der Waals surface area (Å²) >= 11 is 1.44. The van der Waals surface area contributed by atoms with E-state index in [0.29, 0.717) is 11.7 Å². The first-order valence-corrected chi connectivity index (χ1v) is 6.95. The van der Waals surface area contributed by atoms with E-state index in [-0.39, 0.29) is 11.9 Å². The third-order valence-electron chi connectivity index (χ3n) is 3.37. The predicted octanol–water partition coefficient (Wildman–Crippen LogP) is 1.86. The maximum atomic E-state index is 12.0. The van der Waals surface area contributed by atoms with Crippen molar-refractivity contribution in [3.8, 4) is 0 Å². The Balaban J connectivity index is 1.70. The summed E-state index contributed by atoms with van der Waals surface area (Å²) in [6.45, 7) is 0. The van der Waals surface area contributed by atoms with Crippen LogP contribution in [0, 0.1) is 0 Å².